The number of thiophene rings is 1. The van der Waals surface area contributed by atoms with Gasteiger partial charge in [0.05, 0.1) is 21.5 Å². The van der Waals surface area contributed by atoms with Gasteiger partial charge in [-0.25, -0.2) is 4.39 Å². The van der Waals surface area contributed by atoms with Gasteiger partial charge in [-0.15, -0.1) is 11.3 Å². The highest BCUT2D eigenvalue weighted by atomic mass is 35.5. The Morgan fingerprint density at radius 3 is 2.53 bits per heavy atom. The minimum atomic E-state index is -0.695. The quantitative estimate of drug-likeness (QED) is 0.434. The molecule has 2 aromatic rings. The molecule has 1 aromatic carbocycles. The molecule has 3 fully saturated rings. The summed E-state index contributed by atoms with van der Waals surface area (Å²) in [5, 5.41) is 9.09. The molecule has 11 heteroatoms. The number of morpholine rings is 1. The average Bonchev–Trinajstić information content (AvgIpc) is 3.79. The lowest BCUT2D eigenvalue weighted by Gasteiger charge is -2.27. The predicted octanol–water partition coefficient (Wildman–Crippen LogP) is 3.42. The van der Waals surface area contributed by atoms with Gasteiger partial charge in [-0.1, -0.05) is 11.6 Å². The molecule has 36 heavy (non-hydrogen) atoms. The van der Waals surface area contributed by atoms with Gasteiger partial charge in [-0.2, -0.15) is 0 Å². The summed E-state index contributed by atoms with van der Waals surface area (Å²) in [6.45, 7) is 0.604. The number of hydrogen-bond acceptors (Lipinski definition) is 6. The van der Waals surface area contributed by atoms with E-state index in [9.17, 15) is 18.8 Å². The van der Waals surface area contributed by atoms with Crippen LogP contribution in [0.2, 0.25) is 4.34 Å². The molecule has 5 rings (SSSR count). The molecule has 2 saturated carbocycles. The molecule has 1 saturated heterocycles. The normalized spacial score (nSPS) is 18.9. The molecule has 8 nitrogen and oxygen atoms in total. The zero-order chi connectivity index (χ0) is 25.2. The van der Waals surface area contributed by atoms with E-state index in [2.05, 4.69) is 16.0 Å². The van der Waals surface area contributed by atoms with Gasteiger partial charge in [0.25, 0.3) is 11.8 Å². The standard InChI is InChI=1S/C25H28ClFN4O4S/c26-21-8-7-20(36-21)25(34)28-12-18(30-23(14-1-2-14)15-3-4-15)24(33)29-16-5-6-19(17(27)11-16)31-9-10-35-13-22(31)32/h5-8,11,14-15,18,23,30H,1-4,9-10,12-13H2,(H,28,34)(H,29,33)/t18-/m0/s1. The molecule has 2 aliphatic carbocycles. The maximum Gasteiger partial charge on any atom is 0.261 e. The molecule has 1 aliphatic heterocycles. The molecule has 1 aromatic heterocycles. The van der Waals surface area contributed by atoms with Crippen molar-refractivity contribution in [3.05, 3.63) is 45.4 Å². The third-order valence-electron chi connectivity index (χ3n) is 6.73. The van der Waals surface area contributed by atoms with Crippen LogP contribution in [0.1, 0.15) is 35.4 Å². The van der Waals surface area contributed by atoms with Crippen molar-refractivity contribution in [1.82, 2.24) is 10.6 Å². The van der Waals surface area contributed by atoms with Crippen molar-refractivity contribution in [1.29, 1.82) is 0 Å². The third kappa shape index (κ3) is 6.05. The summed E-state index contributed by atoms with van der Waals surface area (Å²) in [5.74, 6) is -0.490. The van der Waals surface area contributed by atoms with Crippen LogP contribution in [0, 0.1) is 17.7 Å². The third-order valence-corrected chi connectivity index (χ3v) is 7.96. The lowest BCUT2D eigenvalue weighted by molar-refractivity contribution is -0.125. The fraction of sp³-hybridized carbons (Fsp3) is 0.480. The van der Waals surface area contributed by atoms with Crippen LogP contribution in [0.3, 0.4) is 0 Å². The topological polar surface area (TPSA) is 99.8 Å². The number of carbonyl (C=O) groups excluding carboxylic acids is 3. The number of nitrogens with zero attached hydrogens (tertiary/aromatic N) is 1. The molecule has 1 atom stereocenters. The second-order valence-electron chi connectivity index (χ2n) is 9.49. The first-order chi connectivity index (χ1) is 17.4. The van der Waals surface area contributed by atoms with Crippen LogP contribution < -0.4 is 20.9 Å². The minimum Gasteiger partial charge on any atom is -0.370 e. The maximum absolute atomic E-state index is 14.9. The second kappa shape index (κ2) is 10.8. The van der Waals surface area contributed by atoms with Crippen molar-refractivity contribution in [2.75, 3.05) is 36.5 Å². The number of rotatable bonds is 10. The molecule has 192 valence electrons. The number of nitrogens with one attached hydrogen (secondary N) is 3. The van der Waals surface area contributed by atoms with Gasteiger partial charge in [-0.3, -0.25) is 14.4 Å². The summed E-state index contributed by atoms with van der Waals surface area (Å²) in [4.78, 5) is 39.7. The van der Waals surface area contributed by atoms with E-state index in [0.29, 0.717) is 27.7 Å². The van der Waals surface area contributed by atoms with E-state index in [-0.39, 0.29) is 54.8 Å². The fourth-order valence-electron chi connectivity index (χ4n) is 4.55. The van der Waals surface area contributed by atoms with Gasteiger partial charge in [0.15, 0.2) is 0 Å². The van der Waals surface area contributed by atoms with Crippen molar-refractivity contribution >= 4 is 52.0 Å². The molecule has 2 heterocycles. The van der Waals surface area contributed by atoms with Crippen LogP contribution >= 0.6 is 22.9 Å². The Morgan fingerprint density at radius 2 is 1.92 bits per heavy atom. The highest BCUT2D eigenvalue weighted by Crippen LogP contribution is 2.44. The summed E-state index contributed by atoms with van der Waals surface area (Å²) in [7, 11) is 0. The monoisotopic (exact) mass is 534 g/mol. The largest absolute Gasteiger partial charge is 0.370 e. The Bertz CT molecular complexity index is 1140. The highest BCUT2D eigenvalue weighted by Gasteiger charge is 2.43. The number of benzene rings is 1. The van der Waals surface area contributed by atoms with E-state index in [1.165, 1.54) is 28.4 Å². The average molecular weight is 535 g/mol. The molecule has 3 aliphatic rings. The van der Waals surface area contributed by atoms with E-state index in [1.807, 2.05) is 0 Å². The van der Waals surface area contributed by atoms with Crippen molar-refractivity contribution in [3.63, 3.8) is 0 Å². The molecule has 3 N–H and O–H groups in total. The summed E-state index contributed by atoms with van der Waals surface area (Å²) in [6.07, 6.45) is 4.54. The van der Waals surface area contributed by atoms with Crippen molar-refractivity contribution in [2.24, 2.45) is 11.8 Å². The Labute approximate surface area is 217 Å². The SMILES string of the molecule is O=C(NC[C@H](NC(C1CC1)C1CC1)C(=O)Nc1ccc(N2CCOCC2=O)c(F)c1)c1ccc(Cl)s1. The molecule has 0 spiro atoms. The fourth-order valence-corrected chi connectivity index (χ4v) is 5.51. The van der Waals surface area contributed by atoms with Gasteiger partial charge < -0.3 is 25.6 Å². The number of carbonyl (C=O) groups is 3. The van der Waals surface area contributed by atoms with Crippen LogP contribution in [-0.4, -0.2) is 56.1 Å². The van der Waals surface area contributed by atoms with Crippen molar-refractivity contribution < 1.29 is 23.5 Å². The van der Waals surface area contributed by atoms with E-state index in [1.54, 1.807) is 18.2 Å². The van der Waals surface area contributed by atoms with Gasteiger partial charge in [-0.05, 0) is 67.9 Å². The van der Waals surface area contributed by atoms with E-state index in [4.69, 9.17) is 16.3 Å². The van der Waals surface area contributed by atoms with E-state index >= 15 is 0 Å². The Morgan fingerprint density at radius 1 is 1.17 bits per heavy atom. The number of hydrogen-bond donors (Lipinski definition) is 3. The van der Waals surface area contributed by atoms with Crippen molar-refractivity contribution in [3.8, 4) is 0 Å². The predicted molar refractivity (Wildman–Crippen MR) is 136 cm³/mol. The second-order valence-corrected chi connectivity index (χ2v) is 11.2. The molecule has 0 radical (unpaired) electrons. The summed E-state index contributed by atoms with van der Waals surface area (Å²) in [5.41, 5.74) is 0.430. The Balaban J connectivity index is 1.27. The van der Waals surface area contributed by atoms with Crippen LogP contribution in [0.15, 0.2) is 30.3 Å². The maximum atomic E-state index is 14.9. The number of amides is 3. The number of anilines is 2. The smallest absolute Gasteiger partial charge is 0.261 e. The van der Waals surface area contributed by atoms with Crippen molar-refractivity contribution in [2.45, 2.75) is 37.8 Å². The molecule has 3 amide bonds. The van der Waals surface area contributed by atoms with Gasteiger partial charge in [0.1, 0.15) is 18.5 Å². The number of halogens is 2. The van der Waals surface area contributed by atoms with Crippen LogP contribution in [0.5, 0.6) is 0 Å². The summed E-state index contributed by atoms with van der Waals surface area (Å²) >= 11 is 7.12. The molecule has 0 unspecified atom stereocenters. The lowest BCUT2D eigenvalue weighted by atomic mass is 10.1. The molecular weight excluding hydrogens is 507 g/mol. The van der Waals surface area contributed by atoms with Crippen LogP contribution in [0.4, 0.5) is 15.8 Å². The first-order valence-electron chi connectivity index (χ1n) is 12.2. The molecular formula is C25H28ClFN4O4S. The van der Waals surface area contributed by atoms with Gasteiger partial charge in [0.2, 0.25) is 5.91 Å². The van der Waals surface area contributed by atoms with Gasteiger partial charge in [0, 0.05) is 24.8 Å². The van der Waals surface area contributed by atoms with Gasteiger partial charge >= 0.3 is 0 Å². The zero-order valence-electron chi connectivity index (χ0n) is 19.6. The Hall–Kier alpha value is -2.53. The first kappa shape index (κ1) is 25.1. The van der Waals surface area contributed by atoms with Crippen LogP contribution in [0.25, 0.3) is 0 Å². The number of ether oxygens (including phenoxy) is 1. The first-order valence-corrected chi connectivity index (χ1v) is 13.4. The van der Waals surface area contributed by atoms with E-state index < -0.39 is 11.9 Å². The lowest BCUT2D eigenvalue weighted by Crippen LogP contribution is -2.53. The minimum absolute atomic E-state index is 0.0823. The van der Waals surface area contributed by atoms with E-state index in [0.717, 1.165) is 25.7 Å². The summed E-state index contributed by atoms with van der Waals surface area (Å²) in [6, 6.07) is 7.09. The van der Waals surface area contributed by atoms with Crippen LogP contribution in [-0.2, 0) is 14.3 Å². The Kier molecular flexibility index (Phi) is 7.57. The zero-order valence-corrected chi connectivity index (χ0v) is 21.2. The molecule has 0 bridgehead atoms. The highest BCUT2D eigenvalue weighted by molar-refractivity contribution is 7.18. The summed E-state index contributed by atoms with van der Waals surface area (Å²) < 4.78 is 20.5.